The Hall–Kier alpha value is -3.46. The van der Waals surface area contributed by atoms with Crippen LogP contribution in [0.25, 0.3) is 28.2 Å². The maximum Gasteiger partial charge on any atom is 0.243 e. The molecule has 142 valence electrons. The van der Waals surface area contributed by atoms with Crippen molar-refractivity contribution in [3.05, 3.63) is 47.9 Å². The number of carbonyl (C=O) groups is 1. The maximum absolute atomic E-state index is 11.3. The number of benzene rings is 1. The van der Waals surface area contributed by atoms with Crippen LogP contribution in [0.2, 0.25) is 5.02 Å². The number of amides is 1. The zero-order chi connectivity index (χ0) is 19.8. The van der Waals surface area contributed by atoms with Gasteiger partial charge in [0.05, 0.1) is 18.1 Å². The highest BCUT2D eigenvalue weighted by molar-refractivity contribution is 6.30. The summed E-state index contributed by atoms with van der Waals surface area (Å²) in [6, 6.07) is 6.76. The molecule has 1 atom stereocenters. The highest BCUT2D eigenvalue weighted by atomic mass is 35.5. The number of nitrogens with zero attached hydrogens (tertiary/aromatic N) is 6. The predicted molar refractivity (Wildman–Crippen MR) is 106 cm³/mol. The molecule has 3 aromatic heterocycles. The third-order valence-electron chi connectivity index (χ3n) is 4.21. The number of carbonyl (C=O) groups excluding carboxylic acids is 1. The molecule has 10 heteroatoms. The molecule has 1 aromatic carbocycles. The van der Waals surface area contributed by atoms with Crippen LogP contribution in [-0.2, 0) is 11.8 Å². The molecular formula is C18H17ClN8O. The summed E-state index contributed by atoms with van der Waals surface area (Å²) in [7, 11) is 1.83. The molecule has 0 saturated carbocycles. The molecule has 0 aliphatic heterocycles. The van der Waals surface area contributed by atoms with Gasteiger partial charge in [0.25, 0.3) is 0 Å². The minimum Gasteiger partial charge on any atom is -0.368 e. The van der Waals surface area contributed by atoms with E-state index in [1.807, 2.05) is 25.4 Å². The smallest absolute Gasteiger partial charge is 0.243 e. The van der Waals surface area contributed by atoms with Crippen molar-refractivity contribution >= 4 is 29.1 Å². The molecule has 0 bridgehead atoms. The Morgan fingerprint density at radius 3 is 2.57 bits per heavy atom. The minimum atomic E-state index is -0.608. The van der Waals surface area contributed by atoms with E-state index in [1.165, 1.54) is 0 Å². The van der Waals surface area contributed by atoms with E-state index in [4.69, 9.17) is 22.3 Å². The fourth-order valence-corrected chi connectivity index (χ4v) is 2.84. The quantitative estimate of drug-likeness (QED) is 0.533. The molecule has 0 radical (unpaired) electrons. The van der Waals surface area contributed by atoms with Gasteiger partial charge < -0.3 is 11.1 Å². The maximum atomic E-state index is 11.3. The molecule has 4 aromatic rings. The van der Waals surface area contributed by atoms with Crippen LogP contribution in [0.15, 0.2) is 42.9 Å². The number of hydrogen-bond acceptors (Lipinski definition) is 6. The average Bonchev–Trinajstić information content (AvgIpc) is 3.27. The van der Waals surface area contributed by atoms with Crippen molar-refractivity contribution in [2.75, 3.05) is 5.32 Å². The third-order valence-corrected chi connectivity index (χ3v) is 4.46. The number of nitrogens with one attached hydrogen (secondary N) is 1. The van der Waals surface area contributed by atoms with Crippen molar-refractivity contribution in [1.82, 2.24) is 29.4 Å². The molecule has 1 amide bonds. The summed E-state index contributed by atoms with van der Waals surface area (Å²) < 4.78 is 3.31. The van der Waals surface area contributed by atoms with Gasteiger partial charge in [-0.15, -0.1) is 5.10 Å². The summed E-state index contributed by atoms with van der Waals surface area (Å²) >= 11 is 6.00. The normalized spacial score (nSPS) is 12.2. The van der Waals surface area contributed by atoms with Gasteiger partial charge >= 0.3 is 0 Å². The van der Waals surface area contributed by atoms with Gasteiger partial charge in [-0.2, -0.15) is 10.1 Å². The predicted octanol–water partition coefficient (Wildman–Crippen LogP) is 2.13. The number of primary amides is 1. The first-order valence-electron chi connectivity index (χ1n) is 8.49. The zero-order valence-electron chi connectivity index (χ0n) is 15.2. The van der Waals surface area contributed by atoms with Gasteiger partial charge in [0.1, 0.15) is 11.7 Å². The second-order valence-electron chi connectivity index (χ2n) is 6.36. The number of aromatic nitrogens is 6. The molecule has 28 heavy (non-hydrogen) atoms. The first-order chi connectivity index (χ1) is 13.4. The Balaban J connectivity index is 1.88. The minimum absolute atomic E-state index is 0.284. The van der Waals surface area contributed by atoms with Crippen molar-refractivity contribution in [3.8, 4) is 22.5 Å². The molecule has 0 spiro atoms. The highest BCUT2D eigenvalue weighted by Crippen LogP contribution is 2.27. The van der Waals surface area contributed by atoms with E-state index in [9.17, 15) is 4.79 Å². The van der Waals surface area contributed by atoms with E-state index in [0.29, 0.717) is 22.1 Å². The number of fused-ring (bicyclic) bond motifs is 1. The number of aryl methyl sites for hydroxylation is 1. The molecule has 3 heterocycles. The molecule has 4 rings (SSSR count). The van der Waals surface area contributed by atoms with Gasteiger partial charge in [0.2, 0.25) is 11.9 Å². The van der Waals surface area contributed by atoms with Crippen LogP contribution >= 0.6 is 11.6 Å². The van der Waals surface area contributed by atoms with Gasteiger partial charge in [-0.25, -0.2) is 9.50 Å². The number of halogens is 1. The van der Waals surface area contributed by atoms with E-state index in [2.05, 4.69) is 20.5 Å². The zero-order valence-corrected chi connectivity index (χ0v) is 15.9. The molecule has 0 unspecified atom stereocenters. The van der Waals surface area contributed by atoms with Crippen molar-refractivity contribution in [2.24, 2.45) is 12.8 Å². The van der Waals surface area contributed by atoms with Crippen LogP contribution in [-0.4, -0.2) is 41.3 Å². The second kappa shape index (κ2) is 6.93. The number of hydrogen-bond donors (Lipinski definition) is 2. The first-order valence-corrected chi connectivity index (χ1v) is 8.87. The topological polar surface area (TPSA) is 116 Å². The van der Waals surface area contributed by atoms with Crippen LogP contribution in [0.3, 0.4) is 0 Å². The van der Waals surface area contributed by atoms with Crippen LogP contribution in [0.1, 0.15) is 6.92 Å². The van der Waals surface area contributed by atoms with Crippen LogP contribution in [0.5, 0.6) is 0 Å². The SMILES string of the molecule is C[C@H](Nc1nc2c(-c3cnn(C)c3)nc(-c3ccc(Cl)cc3)cn2n1)C(N)=O. The summed E-state index contributed by atoms with van der Waals surface area (Å²) in [5.74, 6) is -0.210. The molecule has 0 fully saturated rings. The lowest BCUT2D eigenvalue weighted by Crippen LogP contribution is -2.32. The molecule has 3 N–H and O–H groups in total. The van der Waals surface area contributed by atoms with Gasteiger partial charge in [0.15, 0.2) is 5.65 Å². The van der Waals surface area contributed by atoms with E-state index in [-0.39, 0.29) is 5.95 Å². The Kier molecular flexibility index (Phi) is 4.44. The molecule has 0 saturated heterocycles. The third kappa shape index (κ3) is 3.39. The van der Waals surface area contributed by atoms with E-state index in [1.54, 1.807) is 40.6 Å². The molecular weight excluding hydrogens is 380 g/mol. The summed E-state index contributed by atoms with van der Waals surface area (Å²) in [5.41, 5.74) is 8.84. The van der Waals surface area contributed by atoms with Crippen molar-refractivity contribution in [1.29, 1.82) is 0 Å². The fourth-order valence-electron chi connectivity index (χ4n) is 2.71. The van der Waals surface area contributed by atoms with E-state index < -0.39 is 11.9 Å². The first kappa shape index (κ1) is 17.9. The lowest BCUT2D eigenvalue weighted by molar-refractivity contribution is -0.118. The van der Waals surface area contributed by atoms with Crippen molar-refractivity contribution in [2.45, 2.75) is 13.0 Å². The number of nitrogens with two attached hydrogens (primary N) is 1. The number of anilines is 1. The molecule has 0 aliphatic rings. The van der Waals surface area contributed by atoms with E-state index in [0.717, 1.165) is 11.1 Å². The van der Waals surface area contributed by atoms with E-state index >= 15 is 0 Å². The standard InChI is InChI=1S/C18H17ClN8O/c1-10(16(20)28)22-18-24-17-15(12-7-21-26(2)8-12)23-14(9-27(17)25-18)11-3-5-13(19)6-4-11/h3-10H,1-2H3,(H2,20,28)(H,22,25)/t10-/m0/s1. The fraction of sp³-hybridized carbons (Fsp3) is 0.167. The lowest BCUT2D eigenvalue weighted by Gasteiger charge is -2.06. The molecule has 0 aliphatic carbocycles. The lowest BCUT2D eigenvalue weighted by atomic mass is 10.1. The Labute approximate surface area is 165 Å². The van der Waals surface area contributed by atoms with Crippen molar-refractivity contribution < 1.29 is 4.79 Å². The van der Waals surface area contributed by atoms with Crippen LogP contribution in [0.4, 0.5) is 5.95 Å². The largest absolute Gasteiger partial charge is 0.368 e. The van der Waals surface area contributed by atoms with Crippen LogP contribution < -0.4 is 11.1 Å². The summed E-state index contributed by atoms with van der Waals surface area (Å²) in [5, 5.41) is 12.2. The molecule has 9 nitrogen and oxygen atoms in total. The monoisotopic (exact) mass is 396 g/mol. The Bertz CT molecular complexity index is 1160. The summed E-state index contributed by atoms with van der Waals surface area (Å²) in [4.78, 5) is 20.6. The Morgan fingerprint density at radius 1 is 1.18 bits per heavy atom. The Morgan fingerprint density at radius 2 is 1.93 bits per heavy atom. The summed E-state index contributed by atoms with van der Waals surface area (Å²) in [6.07, 6.45) is 5.33. The summed E-state index contributed by atoms with van der Waals surface area (Å²) in [6.45, 7) is 1.65. The average molecular weight is 397 g/mol. The van der Waals surface area contributed by atoms with Gasteiger partial charge in [-0.3, -0.25) is 9.48 Å². The van der Waals surface area contributed by atoms with Crippen LogP contribution in [0, 0.1) is 0 Å². The van der Waals surface area contributed by atoms with Crippen molar-refractivity contribution in [3.63, 3.8) is 0 Å². The van der Waals surface area contributed by atoms with Gasteiger partial charge in [-0.1, -0.05) is 23.7 Å². The number of rotatable bonds is 5. The van der Waals surface area contributed by atoms with Gasteiger partial charge in [0, 0.05) is 29.4 Å². The van der Waals surface area contributed by atoms with Gasteiger partial charge in [-0.05, 0) is 19.1 Å². The second-order valence-corrected chi connectivity index (χ2v) is 6.79. The highest BCUT2D eigenvalue weighted by Gasteiger charge is 2.17.